The Bertz CT molecular complexity index is 252. The van der Waals surface area contributed by atoms with Gasteiger partial charge in [-0.05, 0) is 12.8 Å². The average Bonchev–Trinajstić information content (AvgIpc) is 2.76. The van der Waals surface area contributed by atoms with Crippen LogP contribution in [-0.2, 0) is 0 Å². The van der Waals surface area contributed by atoms with Gasteiger partial charge in [-0.3, -0.25) is 0 Å². The quantitative estimate of drug-likeness (QED) is 0.0886. The summed E-state index contributed by atoms with van der Waals surface area (Å²) in [6.45, 7) is 4.61. The van der Waals surface area contributed by atoms with Gasteiger partial charge in [-0.1, -0.05) is 177 Å². The van der Waals surface area contributed by atoms with Crippen LogP contribution in [0.25, 0.3) is 0 Å². The largest absolute Gasteiger partial charge is 0.0942 e. The molecule has 182 valence electrons. The Labute approximate surface area is 200 Å². The zero-order valence-electron chi connectivity index (χ0n) is 21.2. The second-order valence-corrected chi connectivity index (χ2v) is 12.1. The monoisotopic (exact) mass is 458 g/mol. The first-order valence-electron chi connectivity index (χ1n) is 14.2. The molecule has 0 aromatic rings. The van der Waals surface area contributed by atoms with Crippen molar-refractivity contribution in [2.45, 2.75) is 168 Å². The number of hydrogen-bond donors (Lipinski definition) is 0. The van der Waals surface area contributed by atoms with Crippen molar-refractivity contribution in [1.82, 2.24) is 0 Å². The van der Waals surface area contributed by atoms with E-state index >= 15 is 0 Å². The van der Waals surface area contributed by atoms with Gasteiger partial charge in [0.05, 0.1) is 0 Å². The van der Waals surface area contributed by atoms with Crippen LogP contribution in [0.2, 0.25) is 0 Å². The van der Waals surface area contributed by atoms with E-state index in [9.17, 15) is 0 Å². The third-order valence-electron chi connectivity index (χ3n) is 6.25. The number of hydrogen-bond acceptors (Lipinski definition) is 2. The smallest absolute Gasteiger partial charge is 0.00369 e. The summed E-state index contributed by atoms with van der Waals surface area (Å²) < 4.78 is 0. The van der Waals surface area contributed by atoms with Crippen LogP contribution < -0.4 is 0 Å². The van der Waals surface area contributed by atoms with Crippen LogP contribution in [0.4, 0.5) is 0 Å². The second-order valence-electron chi connectivity index (χ2n) is 9.42. The number of rotatable bonds is 27. The molecule has 0 aliphatic rings. The Hall–Kier alpha value is 0.700. The lowest BCUT2D eigenvalue weighted by molar-refractivity contribution is 0.548. The lowest BCUT2D eigenvalue weighted by Gasteiger charge is -2.04. The molecule has 0 spiro atoms. The van der Waals surface area contributed by atoms with Crippen LogP contribution in [0, 0.1) is 0 Å². The van der Waals surface area contributed by atoms with Gasteiger partial charge in [0.25, 0.3) is 0 Å². The third kappa shape index (κ3) is 28.7. The Morgan fingerprint density at radius 3 is 0.700 bits per heavy atom. The normalized spacial score (nSPS) is 11.4. The highest BCUT2D eigenvalue weighted by Gasteiger charge is 1.96. The van der Waals surface area contributed by atoms with Crippen molar-refractivity contribution in [3.63, 3.8) is 0 Å². The average molecular weight is 459 g/mol. The highest BCUT2D eigenvalue weighted by atomic mass is 33.1. The minimum Gasteiger partial charge on any atom is -0.0942 e. The molecule has 0 aromatic heterocycles. The molecule has 0 heterocycles. The summed E-state index contributed by atoms with van der Waals surface area (Å²) in [6.07, 6.45) is 35.0. The number of unbranched alkanes of at least 4 members (excludes halogenated alkanes) is 22. The summed E-state index contributed by atoms with van der Waals surface area (Å²) in [6, 6.07) is 0. The molecule has 0 saturated heterocycles. The summed E-state index contributed by atoms with van der Waals surface area (Å²) in [5.41, 5.74) is 0. The minimum atomic E-state index is 1.37. The fourth-order valence-corrected chi connectivity index (χ4v) is 6.42. The lowest BCUT2D eigenvalue weighted by atomic mass is 10.1. The van der Waals surface area contributed by atoms with Gasteiger partial charge in [-0.15, -0.1) is 0 Å². The van der Waals surface area contributed by atoms with Gasteiger partial charge in [-0.2, -0.15) is 0 Å². The Balaban J connectivity index is 2.97. The Kier molecular flexibility index (Phi) is 30.4. The molecule has 0 fully saturated rings. The van der Waals surface area contributed by atoms with E-state index in [4.69, 9.17) is 0 Å². The molecule has 0 atom stereocenters. The standard InChI is InChI=1S/C28H58S2/c1-3-5-7-9-11-13-15-17-19-21-23-25-27-29-30-28-26-24-22-20-18-16-14-12-10-8-6-4-2/h3-28H2,1-2H3. The predicted molar refractivity (Wildman–Crippen MR) is 147 cm³/mol. The molecule has 0 saturated carbocycles. The fourth-order valence-electron chi connectivity index (χ4n) is 4.12. The van der Waals surface area contributed by atoms with E-state index in [1.165, 1.54) is 166 Å². The maximum Gasteiger partial charge on any atom is 0.00369 e. The van der Waals surface area contributed by atoms with E-state index in [0.29, 0.717) is 0 Å². The van der Waals surface area contributed by atoms with Crippen LogP contribution in [0.1, 0.15) is 168 Å². The van der Waals surface area contributed by atoms with Gasteiger partial charge in [-0.25, -0.2) is 0 Å². The van der Waals surface area contributed by atoms with Gasteiger partial charge in [0.1, 0.15) is 0 Å². The highest BCUT2D eigenvalue weighted by Crippen LogP contribution is 2.25. The lowest BCUT2D eigenvalue weighted by Crippen LogP contribution is -1.85. The van der Waals surface area contributed by atoms with Crippen molar-refractivity contribution in [1.29, 1.82) is 0 Å². The van der Waals surface area contributed by atoms with Crippen LogP contribution in [-0.4, -0.2) is 11.5 Å². The Morgan fingerprint density at radius 1 is 0.267 bits per heavy atom. The zero-order valence-corrected chi connectivity index (χ0v) is 22.8. The molecule has 0 aliphatic carbocycles. The van der Waals surface area contributed by atoms with E-state index in [1.807, 2.05) is 0 Å². The molecular formula is C28H58S2. The molecule has 30 heavy (non-hydrogen) atoms. The summed E-state index contributed by atoms with van der Waals surface area (Å²) in [4.78, 5) is 0. The van der Waals surface area contributed by atoms with Crippen molar-refractivity contribution in [3.8, 4) is 0 Å². The highest BCUT2D eigenvalue weighted by molar-refractivity contribution is 8.76. The van der Waals surface area contributed by atoms with Gasteiger partial charge < -0.3 is 0 Å². The summed E-state index contributed by atoms with van der Waals surface area (Å²) in [5, 5.41) is 0. The van der Waals surface area contributed by atoms with Gasteiger partial charge in [0.15, 0.2) is 0 Å². The Morgan fingerprint density at radius 2 is 0.467 bits per heavy atom. The van der Waals surface area contributed by atoms with Crippen LogP contribution in [0.5, 0.6) is 0 Å². The first-order chi connectivity index (χ1) is 14.9. The molecule has 0 amide bonds. The van der Waals surface area contributed by atoms with E-state index in [2.05, 4.69) is 35.4 Å². The van der Waals surface area contributed by atoms with E-state index in [0.717, 1.165) is 0 Å². The third-order valence-corrected chi connectivity index (χ3v) is 8.82. The first-order valence-corrected chi connectivity index (χ1v) is 16.6. The van der Waals surface area contributed by atoms with E-state index < -0.39 is 0 Å². The van der Waals surface area contributed by atoms with Crippen molar-refractivity contribution >= 4 is 21.6 Å². The van der Waals surface area contributed by atoms with Crippen molar-refractivity contribution < 1.29 is 0 Å². The SMILES string of the molecule is CCCCCCCCCCCCCCSSCCCCCCCCCCCCCC. The summed E-state index contributed by atoms with van der Waals surface area (Å²) in [7, 11) is 4.27. The van der Waals surface area contributed by atoms with Crippen molar-refractivity contribution in [2.75, 3.05) is 11.5 Å². The summed E-state index contributed by atoms with van der Waals surface area (Å²) >= 11 is 0. The van der Waals surface area contributed by atoms with E-state index in [-0.39, 0.29) is 0 Å². The molecule has 0 N–H and O–H groups in total. The molecule has 0 rings (SSSR count). The van der Waals surface area contributed by atoms with Crippen LogP contribution >= 0.6 is 21.6 Å². The van der Waals surface area contributed by atoms with Gasteiger partial charge >= 0.3 is 0 Å². The molecular weight excluding hydrogens is 400 g/mol. The van der Waals surface area contributed by atoms with Gasteiger partial charge in [0.2, 0.25) is 0 Å². The van der Waals surface area contributed by atoms with Crippen molar-refractivity contribution in [2.24, 2.45) is 0 Å². The van der Waals surface area contributed by atoms with Crippen LogP contribution in [0.15, 0.2) is 0 Å². The zero-order chi connectivity index (χ0) is 21.8. The first kappa shape index (κ1) is 30.7. The maximum absolute atomic E-state index is 2.30. The van der Waals surface area contributed by atoms with E-state index in [1.54, 1.807) is 0 Å². The van der Waals surface area contributed by atoms with Crippen molar-refractivity contribution in [3.05, 3.63) is 0 Å². The molecule has 0 bridgehead atoms. The molecule has 0 unspecified atom stereocenters. The fraction of sp³-hybridized carbons (Fsp3) is 1.00. The maximum atomic E-state index is 2.30. The predicted octanol–water partition coefficient (Wildman–Crippen LogP) is 11.8. The topological polar surface area (TPSA) is 0 Å². The molecule has 0 aromatic carbocycles. The van der Waals surface area contributed by atoms with Gasteiger partial charge in [0, 0.05) is 11.5 Å². The molecule has 0 nitrogen and oxygen atoms in total. The second kappa shape index (κ2) is 29.7. The molecule has 0 aliphatic heterocycles. The van der Waals surface area contributed by atoms with Crippen LogP contribution in [0.3, 0.4) is 0 Å². The molecule has 2 heteroatoms. The minimum absolute atomic E-state index is 1.37. The molecule has 0 radical (unpaired) electrons. The summed E-state index contributed by atoms with van der Waals surface area (Å²) in [5.74, 6) is 2.75.